The second-order valence-electron chi connectivity index (χ2n) is 10.6. The Hall–Kier alpha value is -2.51. The minimum atomic E-state index is -1.84. The van der Waals surface area contributed by atoms with Gasteiger partial charge in [-0.15, -0.1) is 0 Å². The van der Waals surface area contributed by atoms with E-state index in [0.29, 0.717) is 18.1 Å². The number of rotatable bonds is 9. The van der Waals surface area contributed by atoms with Crippen molar-refractivity contribution in [3.63, 3.8) is 0 Å². The van der Waals surface area contributed by atoms with Crippen LogP contribution in [0.25, 0.3) is 0 Å². The molecule has 0 radical (unpaired) electrons. The van der Waals surface area contributed by atoms with Gasteiger partial charge in [-0.1, -0.05) is 20.8 Å². The molecule has 0 aliphatic carbocycles. The van der Waals surface area contributed by atoms with E-state index in [0.717, 1.165) is 41.2 Å². The topological polar surface area (TPSA) is 58.5 Å². The van der Waals surface area contributed by atoms with E-state index in [-0.39, 0.29) is 11.1 Å². The molecule has 2 aromatic carbocycles. The molecule has 7 heteroatoms. The second-order valence-corrected chi connectivity index (χ2v) is 15.4. The van der Waals surface area contributed by atoms with Gasteiger partial charge in [-0.3, -0.25) is 4.99 Å². The molecule has 6 nitrogen and oxygen atoms in total. The Kier molecular flexibility index (Phi) is 8.22. The average Bonchev–Trinajstić information content (AvgIpc) is 2.81. The highest BCUT2D eigenvalue weighted by atomic mass is 28.4. The zero-order valence-corrected chi connectivity index (χ0v) is 24.0. The first-order valence-corrected chi connectivity index (χ1v) is 15.0. The van der Waals surface area contributed by atoms with Crippen LogP contribution in [0.15, 0.2) is 29.3 Å². The largest absolute Gasteiger partial charge is 0.493 e. The molecule has 1 unspecified atom stereocenters. The van der Waals surface area contributed by atoms with Crippen molar-refractivity contribution in [2.75, 3.05) is 35.0 Å². The maximum absolute atomic E-state index is 6.50. The van der Waals surface area contributed by atoms with Crippen molar-refractivity contribution in [2.24, 2.45) is 4.99 Å². The number of hydrogen-bond acceptors (Lipinski definition) is 6. The Morgan fingerprint density at radius 3 is 1.97 bits per heavy atom. The fraction of sp³-hybridized carbons (Fsp3) is 0.536. The highest BCUT2D eigenvalue weighted by molar-refractivity contribution is 6.74. The van der Waals surface area contributed by atoms with Crippen LogP contribution in [0.1, 0.15) is 56.0 Å². The minimum absolute atomic E-state index is 0.0386. The normalized spacial score (nSPS) is 15.8. The first kappa shape index (κ1) is 27.1. The molecule has 0 bridgehead atoms. The third-order valence-electron chi connectivity index (χ3n) is 7.41. The van der Waals surface area contributed by atoms with Gasteiger partial charge in [0.2, 0.25) is 0 Å². The average molecular weight is 500 g/mol. The molecule has 35 heavy (non-hydrogen) atoms. The molecule has 3 rings (SSSR count). The van der Waals surface area contributed by atoms with Crippen molar-refractivity contribution in [3.8, 4) is 23.0 Å². The first-order valence-electron chi connectivity index (χ1n) is 12.1. The highest BCUT2D eigenvalue weighted by Gasteiger charge is 2.37. The summed E-state index contributed by atoms with van der Waals surface area (Å²) in [7, 11) is 4.82. The third-order valence-corrected chi connectivity index (χ3v) is 11.9. The van der Waals surface area contributed by atoms with Gasteiger partial charge < -0.3 is 23.4 Å². The number of aliphatic imine (C=N–C) groups is 1. The van der Waals surface area contributed by atoms with Gasteiger partial charge in [0.05, 0.1) is 34.5 Å². The smallest absolute Gasteiger partial charge is 0.191 e. The van der Waals surface area contributed by atoms with Crippen LogP contribution in [-0.2, 0) is 17.3 Å². The predicted molar refractivity (Wildman–Crippen MR) is 145 cm³/mol. The van der Waals surface area contributed by atoms with Gasteiger partial charge in [0.25, 0.3) is 0 Å². The Morgan fingerprint density at radius 1 is 0.857 bits per heavy atom. The number of ether oxygens (including phenoxy) is 4. The molecule has 2 aromatic rings. The summed E-state index contributed by atoms with van der Waals surface area (Å²) in [6.07, 6.45) is 1.55. The van der Waals surface area contributed by atoms with Crippen LogP contribution in [0.5, 0.6) is 23.0 Å². The van der Waals surface area contributed by atoms with Gasteiger partial charge in [0, 0.05) is 17.9 Å². The van der Waals surface area contributed by atoms with E-state index in [9.17, 15) is 0 Å². The van der Waals surface area contributed by atoms with Gasteiger partial charge in [0.15, 0.2) is 31.3 Å². The quantitative estimate of drug-likeness (QED) is 0.374. The van der Waals surface area contributed by atoms with E-state index in [1.165, 1.54) is 11.1 Å². The van der Waals surface area contributed by atoms with Crippen LogP contribution >= 0.6 is 0 Å². The summed E-state index contributed by atoms with van der Waals surface area (Å²) in [5, 5.41) is 0.169. The number of fused-ring (bicyclic) bond motifs is 1. The molecule has 0 N–H and O–H groups in total. The summed E-state index contributed by atoms with van der Waals surface area (Å²) in [5.74, 6) is 2.88. The predicted octanol–water partition coefficient (Wildman–Crippen LogP) is 6.39. The monoisotopic (exact) mass is 499 g/mol. The zero-order valence-electron chi connectivity index (χ0n) is 23.0. The van der Waals surface area contributed by atoms with E-state index < -0.39 is 8.32 Å². The molecule has 1 aliphatic heterocycles. The SMILES string of the molecule is COc1cc2c(cc1OC)C(C)=NC(c1cc(OC)c(OC)cc1CCO[Si](C)(C)C(C)(C)C)C2. The lowest BCUT2D eigenvalue weighted by Gasteiger charge is -2.36. The molecule has 1 atom stereocenters. The van der Waals surface area contributed by atoms with Gasteiger partial charge in [-0.25, -0.2) is 0 Å². The Balaban J connectivity index is 1.99. The number of benzene rings is 2. The summed E-state index contributed by atoms with van der Waals surface area (Å²) in [6.45, 7) is 14.1. The Labute approximate surface area is 211 Å². The summed E-state index contributed by atoms with van der Waals surface area (Å²) in [4.78, 5) is 5.10. The van der Waals surface area contributed by atoms with E-state index >= 15 is 0 Å². The van der Waals surface area contributed by atoms with E-state index in [2.05, 4.69) is 59.0 Å². The first-order chi connectivity index (χ1) is 16.4. The number of methoxy groups -OCH3 is 4. The maximum Gasteiger partial charge on any atom is 0.191 e. The van der Waals surface area contributed by atoms with Crippen molar-refractivity contribution in [1.29, 1.82) is 0 Å². The molecule has 0 aromatic heterocycles. The van der Waals surface area contributed by atoms with Crippen LogP contribution in [0.4, 0.5) is 0 Å². The summed E-state index contributed by atoms with van der Waals surface area (Å²) < 4.78 is 28.9. The summed E-state index contributed by atoms with van der Waals surface area (Å²) >= 11 is 0. The molecule has 1 aliphatic rings. The summed E-state index contributed by atoms with van der Waals surface area (Å²) in [5.41, 5.74) is 5.59. The fourth-order valence-electron chi connectivity index (χ4n) is 4.26. The van der Waals surface area contributed by atoms with Gasteiger partial charge in [0.1, 0.15) is 0 Å². The maximum atomic E-state index is 6.50. The second kappa shape index (κ2) is 10.6. The molecular formula is C28H41NO5Si. The zero-order chi connectivity index (χ0) is 26.0. The Morgan fingerprint density at radius 2 is 1.40 bits per heavy atom. The van der Waals surface area contributed by atoms with Gasteiger partial charge in [-0.05, 0) is 78.9 Å². The molecule has 192 valence electrons. The van der Waals surface area contributed by atoms with E-state index in [1.807, 2.05) is 6.07 Å². The molecule has 0 fully saturated rings. The van der Waals surface area contributed by atoms with Crippen LogP contribution in [-0.4, -0.2) is 49.1 Å². The minimum Gasteiger partial charge on any atom is -0.493 e. The lowest BCUT2D eigenvalue weighted by molar-refractivity contribution is 0.291. The van der Waals surface area contributed by atoms with Crippen LogP contribution in [0, 0.1) is 0 Å². The van der Waals surface area contributed by atoms with E-state index in [4.69, 9.17) is 28.4 Å². The molecule has 0 amide bonds. The molecule has 0 saturated carbocycles. The number of nitrogens with zero attached hydrogens (tertiary/aromatic N) is 1. The fourth-order valence-corrected chi connectivity index (χ4v) is 5.31. The third kappa shape index (κ3) is 5.67. The van der Waals surface area contributed by atoms with Gasteiger partial charge >= 0.3 is 0 Å². The number of hydrogen-bond donors (Lipinski definition) is 0. The molecule has 0 spiro atoms. The lowest BCUT2D eigenvalue weighted by atomic mass is 9.87. The van der Waals surface area contributed by atoms with Crippen LogP contribution < -0.4 is 18.9 Å². The van der Waals surface area contributed by atoms with E-state index in [1.54, 1.807) is 28.4 Å². The highest BCUT2D eigenvalue weighted by Crippen LogP contribution is 2.41. The molecule has 0 saturated heterocycles. The van der Waals surface area contributed by atoms with Crippen molar-refractivity contribution in [2.45, 2.75) is 64.7 Å². The summed E-state index contributed by atoms with van der Waals surface area (Å²) in [6, 6.07) is 8.21. The van der Waals surface area contributed by atoms with Gasteiger partial charge in [-0.2, -0.15) is 0 Å². The van der Waals surface area contributed by atoms with Crippen molar-refractivity contribution in [3.05, 3.63) is 46.5 Å². The van der Waals surface area contributed by atoms with Crippen molar-refractivity contribution < 1.29 is 23.4 Å². The van der Waals surface area contributed by atoms with Crippen molar-refractivity contribution >= 4 is 14.0 Å². The standard InChI is InChI=1S/C28H41NO5Si/c1-18-21-16-26(32-7)25(31-6)15-20(21)13-23(29-18)22-17-27(33-8)24(30-5)14-19(22)11-12-34-35(9,10)28(2,3)4/h14-17,23H,11-13H2,1-10H3. The molecular weight excluding hydrogens is 458 g/mol. The molecule has 1 heterocycles. The Bertz CT molecular complexity index is 1090. The lowest BCUT2D eigenvalue weighted by Crippen LogP contribution is -2.41. The van der Waals surface area contributed by atoms with Crippen LogP contribution in [0.2, 0.25) is 18.1 Å². The van der Waals surface area contributed by atoms with Crippen molar-refractivity contribution in [1.82, 2.24) is 0 Å². The van der Waals surface area contributed by atoms with Crippen LogP contribution in [0.3, 0.4) is 0 Å².